The molecule has 0 saturated carbocycles. The molecule has 4 rings (SSSR count). The van der Waals surface area contributed by atoms with Crippen molar-refractivity contribution in [2.75, 3.05) is 26.8 Å². The molecule has 1 heterocycles. The summed E-state index contributed by atoms with van der Waals surface area (Å²) < 4.78 is 16.2. The van der Waals surface area contributed by atoms with Gasteiger partial charge in [0, 0.05) is 6.54 Å². The van der Waals surface area contributed by atoms with Crippen molar-refractivity contribution >= 4 is 5.97 Å². The average molecular weight is 410 g/mol. The first-order valence-electron chi connectivity index (χ1n) is 10.9. The van der Waals surface area contributed by atoms with E-state index in [2.05, 4.69) is 34.8 Å². The lowest BCUT2D eigenvalue weighted by Crippen LogP contribution is -2.32. The number of carbonyl (C=O) groups excluding carboxylic acids is 1. The average Bonchev–Trinajstić information content (AvgIpc) is 3.16. The first-order chi connectivity index (χ1) is 14.6. The number of rotatable bonds is 7. The van der Waals surface area contributed by atoms with Crippen molar-refractivity contribution in [3.8, 4) is 11.5 Å². The second kappa shape index (κ2) is 9.52. The van der Waals surface area contributed by atoms with Crippen LogP contribution < -0.4 is 9.47 Å². The number of piperidine rings is 1. The number of nitrogens with zero attached hydrogens (tertiary/aromatic N) is 1. The summed E-state index contributed by atoms with van der Waals surface area (Å²) >= 11 is 0. The molecule has 2 aliphatic rings. The van der Waals surface area contributed by atoms with Crippen LogP contribution in [-0.2, 0) is 22.5 Å². The zero-order valence-corrected chi connectivity index (χ0v) is 17.9. The molecule has 0 bridgehead atoms. The maximum Gasteiger partial charge on any atom is 0.343 e. The monoisotopic (exact) mass is 409 g/mol. The number of benzene rings is 2. The van der Waals surface area contributed by atoms with Crippen molar-refractivity contribution < 1.29 is 19.0 Å². The maximum atomic E-state index is 11.2. The van der Waals surface area contributed by atoms with E-state index in [1.165, 1.54) is 49.7 Å². The highest BCUT2D eigenvalue weighted by atomic mass is 16.6. The SMILES string of the molecule is COC(=O)COc1ccc(O[C@@H]2CCc3cc(CN4CCC(C)CC4)ccc32)cc1. The number of fused-ring (bicyclic) bond motifs is 1. The lowest BCUT2D eigenvalue weighted by atomic mass is 9.98. The molecule has 5 heteroatoms. The third-order valence-corrected chi connectivity index (χ3v) is 6.20. The second-order valence-corrected chi connectivity index (χ2v) is 8.47. The third-order valence-electron chi connectivity index (χ3n) is 6.20. The molecule has 5 nitrogen and oxygen atoms in total. The Balaban J connectivity index is 1.34. The lowest BCUT2D eigenvalue weighted by molar-refractivity contribution is -0.142. The topological polar surface area (TPSA) is 48.0 Å². The van der Waals surface area contributed by atoms with Gasteiger partial charge in [0.1, 0.15) is 17.6 Å². The number of hydrogen-bond acceptors (Lipinski definition) is 5. The van der Waals surface area contributed by atoms with Crippen LogP contribution in [0.25, 0.3) is 0 Å². The molecule has 0 unspecified atom stereocenters. The molecule has 1 saturated heterocycles. The summed E-state index contributed by atoms with van der Waals surface area (Å²) in [6.45, 7) is 5.74. The van der Waals surface area contributed by atoms with E-state index in [0.29, 0.717) is 5.75 Å². The van der Waals surface area contributed by atoms with Gasteiger partial charge in [-0.3, -0.25) is 4.90 Å². The maximum absolute atomic E-state index is 11.2. The highest BCUT2D eigenvalue weighted by molar-refractivity contribution is 5.70. The molecule has 2 aromatic rings. The summed E-state index contributed by atoms with van der Waals surface area (Å²) in [4.78, 5) is 13.8. The van der Waals surface area contributed by atoms with E-state index in [4.69, 9.17) is 9.47 Å². The van der Waals surface area contributed by atoms with E-state index in [1.807, 2.05) is 24.3 Å². The number of esters is 1. The largest absolute Gasteiger partial charge is 0.486 e. The van der Waals surface area contributed by atoms with Crippen molar-refractivity contribution in [1.82, 2.24) is 4.90 Å². The Morgan fingerprint density at radius 1 is 1.03 bits per heavy atom. The molecular weight excluding hydrogens is 378 g/mol. The smallest absolute Gasteiger partial charge is 0.343 e. The molecule has 1 atom stereocenters. The van der Waals surface area contributed by atoms with E-state index in [9.17, 15) is 4.79 Å². The molecule has 0 radical (unpaired) electrons. The summed E-state index contributed by atoms with van der Waals surface area (Å²) in [5.74, 6) is 1.90. The first-order valence-corrected chi connectivity index (χ1v) is 10.9. The number of hydrogen-bond donors (Lipinski definition) is 0. The summed E-state index contributed by atoms with van der Waals surface area (Å²) in [5, 5.41) is 0. The molecule has 0 aromatic heterocycles. The predicted octanol–water partition coefficient (Wildman–Crippen LogP) is 4.54. The van der Waals surface area contributed by atoms with Crippen LogP contribution in [-0.4, -0.2) is 37.7 Å². The molecule has 1 fully saturated rings. The van der Waals surface area contributed by atoms with E-state index in [0.717, 1.165) is 31.1 Å². The van der Waals surface area contributed by atoms with Gasteiger partial charge in [0.2, 0.25) is 0 Å². The van der Waals surface area contributed by atoms with Gasteiger partial charge in [-0.1, -0.05) is 25.1 Å². The molecule has 0 spiro atoms. The van der Waals surface area contributed by atoms with Gasteiger partial charge in [-0.05, 0) is 85.6 Å². The van der Waals surface area contributed by atoms with Gasteiger partial charge in [-0.15, -0.1) is 0 Å². The first kappa shape index (κ1) is 20.7. The van der Waals surface area contributed by atoms with Gasteiger partial charge >= 0.3 is 5.97 Å². The zero-order chi connectivity index (χ0) is 20.9. The Bertz CT molecular complexity index is 856. The molecule has 0 amide bonds. The number of aryl methyl sites for hydroxylation is 1. The fourth-order valence-electron chi connectivity index (χ4n) is 4.31. The van der Waals surface area contributed by atoms with Crippen LogP contribution in [0.4, 0.5) is 0 Å². The van der Waals surface area contributed by atoms with Crippen LogP contribution in [0.1, 0.15) is 49.0 Å². The molecular formula is C25H31NO4. The summed E-state index contributed by atoms with van der Waals surface area (Å²) in [6, 6.07) is 14.3. The van der Waals surface area contributed by atoms with Gasteiger partial charge in [0.05, 0.1) is 7.11 Å². The van der Waals surface area contributed by atoms with Crippen molar-refractivity contribution in [3.05, 3.63) is 59.2 Å². The normalized spacial score (nSPS) is 19.3. The van der Waals surface area contributed by atoms with Crippen molar-refractivity contribution in [2.24, 2.45) is 5.92 Å². The zero-order valence-electron chi connectivity index (χ0n) is 17.9. The third kappa shape index (κ3) is 5.14. The highest BCUT2D eigenvalue weighted by Gasteiger charge is 2.25. The Hall–Kier alpha value is -2.53. The Morgan fingerprint density at radius 3 is 2.50 bits per heavy atom. The minimum absolute atomic E-state index is 0.0896. The summed E-state index contributed by atoms with van der Waals surface area (Å²) in [7, 11) is 1.35. The Morgan fingerprint density at radius 2 is 1.77 bits per heavy atom. The van der Waals surface area contributed by atoms with Crippen molar-refractivity contribution in [2.45, 2.75) is 45.3 Å². The fraction of sp³-hybridized carbons (Fsp3) is 0.480. The number of carbonyl (C=O) groups is 1. The molecule has 1 aliphatic heterocycles. The number of ether oxygens (including phenoxy) is 3. The predicted molar refractivity (Wildman–Crippen MR) is 116 cm³/mol. The van der Waals surface area contributed by atoms with Crippen LogP contribution >= 0.6 is 0 Å². The van der Waals surface area contributed by atoms with E-state index >= 15 is 0 Å². The Kier molecular flexibility index (Phi) is 6.58. The van der Waals surface area contributed by atoms with Gasteiger partial charge in [-0.2, -0.15) is 0 Å². The lowest BCUT2D eigenvalue weighted by Gasteiger charge is -2.30. The van der Waals surface area contributed by atoms with Gasteiger partial charge in [-0.25, -0.2) is 4.79 Å². The van der Waals surface area contributed by atoms with Crippen molar-refractivity contribution in [3.63, 3.8) is 0 Å². The minimum Gasteiger partial charge on any atom is -0.486 e. The Labute approximate surface area is 178 Å². The quantitative estimate of drug-likeness (QED) is 0.629. The van der Waals surface area contributed by atoms with Crippen LogP contribution in [0.5, 0.6) is 11.5 Å². The summed E-state index contributed by atoms with van der Waals surface area (Å²) in [5.41, 5.74) is 4.13. The van der Waals surface area contributed by atoms with Gasteiger partial charge in [0.25, 0.3) is 0 Å². The van der Waals surface area contributed by atoms with E-state index in [1.54, 1.807) is 0 Å². The number of methoxy groups -OCH3 is 1. The van der Waals surface area contributed by atoms with Gasteiger partial charge < -0.3 is 14.2 Å². The van der Waals surface area contributed by atoms with Crippen molar-refractivity contribution in [1.29, 1.82) is 0 Å². The van der Waals surface area contributed by atoms with Crippen LogP contribution in [0.15, 0.2) is 42.5 Å². The van der Waals surface area contributed by atoms with Crippen LogP contribution in [0, 0.1) is 5.92 Å². The summed E-state index contributed by atoms with van der Waals surface area (Å²) in [6.07, 6.45) is 4.78. The molecule has 1 aliphatic carbocycles. The molecule has 30 heavy (non-hydrogen) atoms. The van der Waals surface area contributed by atoms with Crippen LogP contribution in [0.2, 0.25) is 0 Å². The minimum atomic E-state index is -0.396. The fourth-order valence-corrected chi connectivity index (χ4v) is 4.31. The standard InChI is InChI=1S/C25H31NO4/c1-18-11-13-26(14-12-18)16-19-3-9-23-20(15-19)4-10-24(23)30-22-7-5-21(6-8-22)29-17-25(27)28-2/h3,5-9,15,18,24H,4,10-14,16-17H2,1-2H3/t24-/m1/s1. The highest BCUT2D eigenvalue weighted by Crippen LogP contribution is 2.36. The molecule has 160 valence electrons. The van der Waals surface area contributed by atoms with E-state index in [-0.39, 0.29) is 12.7 Å². The molecule has 0 N–H and O–H groups in total. The van der Waals surface area contributed by atoms with Gasteiger partial charge in [0.15, 0.2) is 6.61 Å². The van der Waals surface area contributed by atoms with Crippen LogP contribution in [0.3, 0.4) is 0 Å². The number of likely N-dealkylation sites (tertiary alicyclic amines) is 1. The van der Waals surface area contributed by atoms with E-state index < -0.39 is 5.97 Å². The second-order valence-electron chi connectivity index (χ2n) is 8.47. The molecule has 2 aromatic carbocycles.